The zero-order valence-corrected chi connectivity index (χ0v) is 38.8. The SMILES string of the molecule is COc1cc(OC)c(Oc2ccc(N(C)c3ccc(-c4ccc(N(C)C(=O)c5ccc(OC(=O)c6cc(OC)c(OC)cc6OC)c(OC)c5)c(OC)c4)cc3OC)cc2OC)cc1OC. The fourth-order valence-corrected chi connectivity index (χ4v) is 7.09. The number of nitrogens with zero attached hydrogens (tertiary/aromatic N) is 2. The highest BCUT2D eigenvalue weighted by Crippen LogP contribution is 2.46. The van der Waals surface area contributed by atoms with Crippen LogP contribution in [0.25, 0.3) is 11.1 Å². The smallest absolute Gasteiger partial charge is 0.347 e. The number of anilines is 3. The van der Waals surface area contributed by atoms with Crippen molar-refractivity contribution in [1.29, 1.82) is 0 Å². The van der Waals surface area contributed by atoms with Gasteiger partial charge in [0.25, 0.3) is 5.91 Å². The number of hydrogen-bond donors (Lipinski definition) is 0. The summed E-state index contributed by atoms with van der Waals surface area (Å²) in [5.41, 5.74) is 4.11. The minimum Gasteiger partial charge on any atom is -0.496 e. The van der Waals surface area contributed by atoms with Crippen molar-refractivity contribution in [3.05, 3.63) is 108 Å². The number of amides is 1. The molecule has 0 aromatic heterocycles. The van der Waals surface area contributed by atoms with Crippen molar-refractivity contribution in [3.8, 4) is 85.9 Å². The van der Waals surface area contributed by atoms with Crippen LogP contribution in [0.4, 0.5) is 17.1 Å². The first-order valence-electron chi connectivity index (χ1n) is 20.1. The molecular formula is C50H52N2O14. The molecule has 0 heterocycles. The van der Waals surface area contributed by atoms with Crippen molar-refractivity contribution in [2.75, 3.05) is 95.0 Å². The van der Waals surface area contributed by atoms with Crippen LogP contribution in [0.1, 0.15) is 20.7 Å². The Hall–Kier alpha value is -8.14. The van der Waals surface area contributed by atoms with Gasteiger partial charge in [-0.15, -0.1) is 0 Å². The number of ether oxygens (including phenoxy) is 12. The third-order valence-corrected chi connectivity index (χ3v) is 10.7. The molecule has 0 aliphatic rings. The monoisotopic (exact) mass is 904 g/mol. The Bertz CT molecular complexity index is 2720. The lowest BCUT2D eigenvalue weighted by Crippen LogP contribution is -2.26. The van der Waals surface area contributed by atoms with E-state index < -0.39 is 5.97 Å². The van der Waals surface area contributed by atoms with Crippen molar-refractivity contribution in [1.82, 2.24) is 0 Å². The van der Waals surface area contributed by atoms with Crippen LogP contribution in [0.15, 0.2) is 97.1 Å². The first-order valence-corrected chi connectivity index (χ1v) is 20.1. The van der Waals surface area contributed by atoms with Gasteiger partial charge in [0.1, 0.15) is 22.8 Å². The molecule has 0 aliphatic heterocycles. The predicted octanol–water partition coefficient (Wildman–Crippen LogP) is 9.50. The lowest BCUT2D eigenvalue weighted by Gasteiger charge is -2.24. The summed E-state index contributed by atoms with van der Waals surface area (Å²) < 4.78 is 67.5. The summed E-state index contributed by atoms with van der Waals surface area (Å²) in [5, 5.41) is 0. The van der Waals surface area contributed by atoms with Gasteiger partial charge >= 0.3 is 5.97 Å². The van der Waals surface area contributed by atoms with E-state index in [4.69, 9.17) is 56.8 Å². The van der Waals surface area contributed by atoms with E-state index in [1.807, 2.05) is 54.4 Å². The van der Waals surface area contributed by atoms with E-state index in [2.05, 4.69) is 0 Å². The average molecular weight is 905 g/mol. The van der Waals surface area contributed by atoms with Crippen LogP contribution in [-0.4, -0.2) is 97.1 Å². The topological polar surface area (TPSA) is 151 Å². The quantitative estimate of drug-likeness (QED) is 0.0560. The normalized spacial score (nSPS) is 10.5. The first-order chi connectivity index (χ1) is 31.9. The summed E-state index contributed by atoms with van der Waals surface area (Å²) in [6, 6.07) is 27.8. The van der Waals surface area contributed by atoms with Crippen LogP contribution < -0.4 is 66.6 Å². The number of esters is 1. The minimum absolute atomic E-state index is 0.0872. The van der Waals surface area contributed by atoms with Crippen LogP contribution in [0, 0.1) is 0 Å². The standard InChI is InChI=1S/C50H52N2O14/c1-51(32-16-20-36(42(24-32)59-7)65-48-28-46(63-11)45(62-10)27-47(48)64-12)34-17-13-29(21-39(34)56-4)30-14-18-35(40(22-30)57-5)52(2)49(53)31-15-19-37(41(23-31)58-6)66-50(54)33-25-43(60-8)44(61-9)26-38(33)55-3/h13-28H,1-12H3. The molecule has 0 unspecified atom stereocenters. The van der Waals surface area contributed by atoms with E-state index in [1.165, 1.54) is 70.8 Å². The van der Waals surface area contributed by atoms with Crippen molar-refractivity contribution in [2.45, 2.75) is 0 Å². The average Bonchev–Trinajstić information content (AvgIpc) is 3.36. The molecule has 6 aromatic rings. The van der Waals surface area contributed by atoms with Crippen LogP contribution in [0.3, 0.4) is 0 Å². The molecule has 0 N–H and O–H groups in total. The Balaban J connectivity index is 1.20. The fourth-order valence-electron chi connectivity index (χ4n) is 7.09. The van der Waals surface area contributed by atoms with Crippen molar-refractivity contribution >= 4 is 28.9 Å². The van der Waals surface area contributed by atoms with Crippen molar-refractivity contribution < 1.29 is 66.4 Å². The molecule has 0 atom stereocenters. The zero-order chi connectivity index (χ0) is 47.7. The molecule has 0 aliphatic carbocycles. The van der Waals surface area contributed by atoms with Crippen molar-refractivity contribution in [3.63, 3.8) is 0 Å². The van der Waals surface area contributed by atoms with Gasteiger partial charge in [0, 0.05) is 55.7 Å². The second kappa shape index (κ2) is 21.0. The van der Waals surface area contributed by atoms with Gasteiger partial charge in [-0.2, -0.15) is 0 Å². The lowest BCUT2D eigenvalue weighted by molar-refractivity contribution is 0.0725. The molecule has 66 heavy (non-hydrogen) atoms. The summed E-state index contributed by atoms with van der Waals surface area (Å²) in [7, 11) is 18.7. The highest BCUT2D eigenvalue weighted by Gasteiger charge is 2.24. The van der Waals surface area contributed by atoms with Crippen LogP contribution in [0.2, 0.25) is 0 Å². The van der Waals surface area contributed by atoms with E-state index in [1.54, 1.807) is 66.9 Å². The van der Waals surface area contributed by atoms with E-state index >= 15 is 0 Å². The van der Waals surface area contributed by atoms with E-state index in [9.17, 15) is 9.59 Å². The molecule has 0 bridgehead atoms. The maximum atomic E-state index is 13.9. The number of methoxy groups -OCH3 is 10. The number of carbonyl (C=O) groups excluding carboxylic acids is 2. The van der Waals surface area contributed by atoms with Gasteiger partial charge in [0.15, 0.2) is 57.5 Å². The molecule has 0 saturated carbocycles. The predicted molar refractivity (Wildman–Crippen MR) is 249 cm³/mol. The van der Waals surface area contributed by atoms with Gasteiger partial charge in [0.2, 0.25) is 0 Å². The van der Waals surface area contributed by atoms with Gasteiger partial charge in [0.05, 0.1) is 82.5 Å². The third kappa shape index (κ3) is 9.67. The number of rotatable bonds is 19. The lowest BCUT2D eigenvalue weighted by atomic mass is 10.0. The van der Waals surface area contributed by atoms with Gasteiger partial charge < -0.3 is 66.6 Å². The Labute approximate surface area is 383 Å². The Morgan fingerprint density at radius 1 is 0.379 bits per heavy atom. The van der Waals surface area contributed by atoms with E-state index in [-0.39, 0.29) is 34.3 Å². The van der Waals surface area contributed by atoms with Crippen LogP contribution in [-0.2, 0) is 0 Å². The molecule has 1 amide bonds. The molecule has 0 saturated heterocycles. The van der Waals surface area contributed by atoms with Crippen molar-refractivity contribution in [2.24, 2.45) is 0 Å². The van der Waals surface area contributed by atoms with Gasteiger partial charge in [-0.05, 0) is 65.7 Å². The third-order valence-electron chi connectivity index (χ3n) is 10.7. The molecule has 6 rings (SSSR count). The molecule has 0 spiro atoms. The second-order valence-corrected chi connectivity index (χ2v) is 14.2. The molecule has 16 heteroatoms. The first kappa shape index (κ1) is 47.3. The summed E-state index contributed by atoms with van der Waals surface area (Å²) in [6.45, 7) is 0. The Kier molecular flexibility index (Phi) is 15.1. The van der Waals surface area contributed by atoms with E-state index in [0.717, 1.165) is 22.5 Å². The fraction of sp³-hybridized carbons (Fsp3) is 0.240. The largest absolute Gasteiger partial charge is 0.496 e. The summed E-state index contributed by atoms with van der Waals surface area (Å²) >= 11 is 0. The van der Waals surface area contributed by atoms with Crippen LogP contribution >= 0.6 is 0 Å². The minimum atomic E-state index is -0.738. The Morgan fingerprint density at radius 2 is 0.818 bits per heavy atom. The molecule has 16 nitrogen and oxygen atoms in total. The maximum absolute atomic E-state index is 13.9. The highest BCUT2D eigenvalue weighted by atomic mass is 16.6. The summed E-state index contributed by atoms with van der Waals surface area (Å²) in [5.74, 6) is 3.89. The molecule has 0 radical (unpaired) electrons. The molecule has 0 fully saturated rings. The number of hydrogen-bond acceptors (Lipinski definition) is 15. The Morgan fingerprint density at radius 3 is 1.38 bits per heavy atom. The highest BCUT2D eigenvalue weighted by molar-refractivity contribution is 6.07. The maximum Gasteiger partial charge on any atom is 0.347 e. The number of carbonyl (C=O) groups is 2. The van der Waals surface area contributed by atoms with Crippen LogP contribution in [0.5, 0.6) is 74.7 Å². The van der Waals surface area contributed by atoms with Gasteiger partial charge in [-0.25, -0.2) is 4.79 Å². The zero-order valence-electron chi connectivity index (χ0n) is 38.8. The van der Waals surface area contributed by atoms with Gasteiger partial charge in [-0.1, -0.05) is 12.1 Å². The molecule has 6 aromatic carbocycles. The van der Waals surface area contributed by atoms with E-state index in [0.29, 0.717) is 63.2 Å². The number of benzene rings is 6. The summed E-state index contributed by atoms with van der Waals surface area (Å²) in [6.07, 6.45) is 0. The van der Waals surface area contributed by atoms with Gasteiger partial charge in [-0.3, -0.25) is 4.79 Å². The molecular weight excluding hydrogens is 853 g/mol. The molecule has 346 valence electrons. The summed E-state index contributed by atoms with van der Waals surface area (Å²) in [4.78, 5) is 30.7. The second-order valence-electron chi connectivity index (χ2n) is 14.2.